The molecule has 0 atom stereocenters. The van der Waals surface area contributed by atoms with Crippen LogP contribution < -0.4 is 10.6 Å². The van der Waals surface area contributed by atoms with Crippen LogP contribution in [0.4, 0.5) is 5.82 Å². The molecule has 102 valence electrons. The molecule has 2 N–H and O–H groups in total. The lowest BCUT2D eigenvalue weighted by Crippen LogP contribution is -2.37. The van der Waals surface area contributed by atoms with Gasteiger partial charge >= 0.3 is 0 Å². The van der Waals surface area contributed by atoms with Gasteiger partial charge < -0.3 is 10.6 Å². The Bertz CT molecular complexity index is 756. The van der Waals surface area contributed by atoms with Crippen LogP contribution in [0.3, 0.4) is 0 Å². The van der Waals surface area contributed by atoms with Gasteiger partial charge in [0.25, 0.3) is 0 Å². The van der Waals surface area contributed by atoms with Crippen LogP contribution in [0.5, 0.6) is 0 Å². The second-order valence-electron chi connectivity index (χ2n) is 5.58. The van der Waals surface area contributed by atoms with Gasteiger partial charge in [0, 0.05) is 17.7 Å². The molecule has 0 spiro atoms. The third kappa shape index (κ3) is 1.68. The Balaban J connectivity index is 1.70. The molecule has 0 aromatic carbocycles. The number of aliphatic imine (C=N–C) groups is 1. The molecule has 0 amide bonds. The Morgan fingerprint density at radius 2 is 2.25 bits per heavy atom. The molecule has 2 aromatic heterocycles. The quantitative estimate of drug-likeness (QED) is 0.843. The molecule has 4 heterocycles. The number of thiophene rings is 1. The van der Waals surface area contributed by atoms with E-state index in [4.69, 9.17) is 0 Å². The predicted molar refractivity (Wildman–Crippen MR) is 82.4 cm³/mol. The smallest absolute Gasteiger partial charge is 0.152 e. The summed E-state index contributed by atoms with van der Waals surface area (Å²) in [6, 6.07) is 2.01. The summed E-state index contributed by atoms with van der Waals surface area (Å²) in [5, 5.41) is 8.95. The van der Waals surface area contributed by atoms with Gasteiger partial charge in [-0.25, -0.2) is 9.97 Å². The summed E-state index contributed by atoms with van der Waals surface area (Å²) in [6.45, 7) is 6.05. The Kier molecular flexibility index (Phi) is 2.46. The van der Waals surface area contributed by atoms with Crippen molar-refractivity contribution in [1.29, 1.82) is 0 Å². The zero-order chi connectivity index (χ0) is 13.7. The van der Waals surface area contributed by atoms with Crippen molar-refractivity contribution in [2.45, 2.75) is 19.4 Å². The van der Waals surface area contributed by atoms with Crippen LogP contribution in [0.15, 0.2) is 33.9 Å². The molecule has 0 aliphatic carbocycles. The van der Waals surface area contributed by atoms with Gasteiger partial charge in [0.15, 0.2) is 5.82 Å². The van der Waals surface area contributed by atoms with Crippen LogP contribution in [0.25, 0.3) is 10.2 Å². The number of hydrogen-bond donors (Lipinski definition) is 2. The molecular formula is C14H15N5S. The average molecular weight is 285 g/mol. The van der Waals surface area contributed by atoms with Gasteiger partial charge in [0.05, 0.1) is 16.8 Å². The molecule has 2 aliphatic rings. The van der Waals surface area contributed by atoms with Gasteiger partial charge in [-0.1, -0.05) is 0 Å². The summed E-state index contributed by atoms with van der Waals surface area (Å²) in [6.07, 6.45) is 1.60. The third-order valence-electron chi connectivity index (χ3n) is 3.99. The van der Waals surface area contributed by atoms with Crippen LogP contribution in [0.1, 0.15) is 13.8 Å². The van der Waals surface area contributed by atoms with Crippen LogP contribution >= 0.6 is 11.3 Å². The molecule has 0 unspecified atom stereocenters. The minimum atomic E-state index is 0.0478. The van der Waals surface area contributed by atoms with E-state index < -0.39 is 0 Å². The fourth-order valence-corrected chi connectivity index (χ4v) is 3.57. The molecule has 0 saturated carbocycles. The Morgan fingerprint density at radius 3 is 3.15 bits per heavy atom. The normalized spacial score (nSPS) is 20.4. The summed E-state index contributed by atoms with van der Waals surface area (Å²) in [4.78, 5) is 13.3. The highest BCUT2D eigenvalue weighted by Crippen LogP contribution is 2.32. The van der Waals surface area contributed by atoms with E-state index in [1.165, 1.54) is 11.1 Å². The number of hydrogen-bond acceptors (Lipinski definition) is 6. The number of rotatable bonds is 1. The molecule has 0 saturated heterocycles. The second kappa shape index (κ2) is 4.10. The summed E-state index contributed by atoms with van der Waals surface area (Å²) in [7, 11) is 0. The Hall–Kier alpha value is -1.79. The van der Waals surface area contributed by atoms with Crippen LogP contribution in [-0.2, 0) is 0 Å². The fourth-order valence-electron chi connectivity index (χ4n) is 2.78. The lowest BCUT2D eigenvalue weighted by molar-refractivity contribution is 0.502. The van der Waals surface area contributed by atoms with Gasteiger partial charge in [-0.2, -0.15) is 0 Å². The number of nitrogens with one attached hydrogen (secondary N) is 2. The molecule has 20 heavy (non-hydrogen) atoms. The highest BCUT2D eigenvalue weighted by Gasteiger charge is 2.36. The van der Waals surface area contributed by atoms with Crippen molar-refractivity contribution in [3.8, 4) is 0 Å². The fraction of sp³-hybridized carbons (Fsp3) is 0.357. The van der Waals surface area contributed by atoms with Gasteiger partial charge in [0.2, 0.25) is 0 Å². The van der Waals surface area contributed by atoms with Crippen molar-refractivity contribution in [3.05, 3.63) is 28.9 Å². The van der Waals surface area contributed by atoms with E-state index in [-0.39, 0.29) is 5.54 Å². The van der Waals surface area contributed by atoms with E-state index in [9.17, 15) is 0 Å². The van der Waals surface area contributed by atoms with E-state index in [0.29, 0.717) is 0 Å². The van der Waals surface area contributed by atoms with Crippen LogP contribution in [0.2, 0.25) is 0 Å². The average Bonchev–Trinajstić information content (AvgIpc) is 3.08. The molecule has 5 nitrogen and oxygen atoms in total. The maximum atomic E-state index is 4.64. The number of fused-ring (bicyclic) bond motifs is 1. The monoisotopic (exact) mass is 285 g/mol. The van der Waals surface area contributed by atoms with Crippen molar-refractivity contribution in [2.75, 3.05) is 18.4 Å². The molecule has 6 heteroatoms. The van der Waals surface area contributed by atoms with Crippen molar-refractivity contribution >= 4 is 33.2 Å². The first-order valence-corrected chi connectivity index (χ1v) is 7.51. The lowest BCUT2D eigenvalue weighted by Gasteiger charge is -2.21. The van der Waals surface area contributed by atoms with E-state index in [1.807, 2.05) is 11.4 Å². The topological polar surface area (TPSA) is 62.2 Å². The molecule has 2 aliphatic heterocycles. The van der Waals surface area contributed by atoms with Crippen molar-refractivity contribution in [1.82, 2.24) is 15.3 Å². The summed E-state index contributed by atoms with van der Waals surface area (Å²) < 4.78 is 1.08. The number of amidine groups is 1. The molecular weight excluding hydrogens is 270 g/mol. The second-order valence-corrected chi connectivity index (χ2v) is 6.50. The minimum Gasteiger partial charge on any atom is -0.324 e. The van der Waals surface area contributed by atoms with Gasteiger partial charge in [-0.15, -0.1) is 11.3 Å². The summed E-state index contributed by atoms with van der Waals surface area (Å²) >= 11 is 1.65. The maximum absolute atomic E-state index is 4.64. The van der Waals surface area contributed by atoms with Crippen molar-refractivity contribution in [3.63, 3.8) is 0 Å². The Morgan fingerprint density at radius 1 is 1.35 bits per heavy atom. The summed E-state index contributed by atoms with van der Waals surface area (Å²) in [5.74, 6) is 1.80. The summed E-state index contributed by atoms with van der Waals surface area (Å²) in [5.41, 5.74) is 3.70. The first-order chi connectivity index (χ1) is 9.65. The van der Waals surface area contributed by atoms with Gasteiger partial charge in [0.1, 0.15) is 12.2 Å². The lowest BCUT2D eigenvalue weighted by atomic mass is 9.95. The van der Waals surface area contributed by atoms with Crippen molar-refractivity contribution < 1.29 is 0 Å². The van der Waals surface area contributed by atoms with Gasteiger partial charge in [-0.3, -0.25) is 4.99 Å². The highest BCUT2D eigenvalue weighted by molar-refractivity contribution is 7.17. The minimum absolute atomic E-state index is 0.0478. The number of aromatic nitrogens is 2. The van der Waals surface area contributed by atoms with E-state index in [1.54, 1.807) is 17.7 Å². The predicted octanol–water partition coefficient (Wildman–Crippen LogP) is 2.19. The zero-order valence-electron chi connectivity index (χ0n) is 11.4. The Labute approximate surface area is 120 Å². The molecule has 4 rings (SSSR count). The molecule has 0 radical (unpaired) electrons. The largest absolute Gasteiger partial charge is 0.324 e. The standard InChI is InChI=1S/C14H15N5S/c1-14(2)9-6-15-12(8(9)5-18-14)19-13-11-10(3-4-20-11)16-7-17-13/h3-4,7,18H,5-6H2,1-2H3,(H,15,16,17,19). The van der Waals surface area contributed by atoms with Crippen LogP contribution in [-0.4, -0.2) is 34.4 Å². The first-order valence-electron chi connectivity index (χ1n) is 6.63. The third-order valence-corrected chi connectivity index (χ3v) is 4.90. The zero-order valence-corrected chi connectivity index (χ0v) is 12.2. The van der Waals surface area contributed by atoms with E-state index in [0.717, 1.165) is 35.0 Å². The van der Waals surface area contributed by atoms with E-state index >= 15 is 0 Å². The van der Waals surface area contributed by atoms with Crippen LogP contribution in [0, 0.1) is 0 Å². The molecule has 0 bridgehead atoms. The number of nitrogens with zero attached hydrogens (tertiary/aromatic N) is 3. The number of anilines is 1. The SMILES string of the molecule is CC1(C)NCC2=C1CN=C2Nc1ncnc2ccsc12. The molecule has 2 aromatic rings. The van der Waals surface area contributed by atoms with E-state index in [2.05, 4.69) is 39.4 Å². The highest BCUT2D eigenvalue weighted by atomic mass is 32.1. The van der Waals surface area contributed by atoms with Gasteiger partial charge in [-0.05, 0) is 30.9 Å². The van der Waals surface area contributed by atoms with Crippen molar-refractivity contribution in [2.24, 2.45) is 4.99 Å². The first kappa shape index (κ1) is 12.0. The maximum Gasteiger partial charge on any atom is 0.152 e. The molecule has 0 fully saturated rings.